The van der Waals surface area contributed by atoms with Crippen LogP contribution in [0.4, 0.5) is 14.5 Å². The summed E-state index contributed by atoms with van der Waals surface area (Å²) in [6.07, 6.45) is 0.441. The summed E-state index contributed by atoms with van der Waals surface area (Å²) in [4.78, 5) is 12.6. The number of amides is 1. The van der Waals surface area contributed by atoms with Crippen LogP contribution in [0.25, 0.3) is 0 Å². The lowest BCUT2D eigenvalue weighted by molar-refractivity contribution is -0.479. The van der Waals surface area contributed by atoms with E-state index in [1.807, 2.05) is 31.2 Å². The van der Waals surface area contributed by atoms with Crippen LogP contribution in [0, 0.1) is 23.8 Å². The zero-order valence-corrected chi connectivity index (χ0v) is 13.9. The number of nitrogens with zero attached hydrogens (tertiary/aromatic N) is 1. The molecule has 4 nitrogen and oxygen atoms in total. The average Bonchev–Trinajstić information content (AvgIpc) is 2.88. The first-order valence-corrected chi connectivity index (χ1v) is 7.98. The molecular formula is C19H18F2N2O2. The van der Waals surface area contributed by atoms with E-state index in [9.17, 15) is 18.8 Å². The molecule has 0 spiro atoms. The minimum Gasteiger partial charge on any atom is -0.623 e. The third-order valence-corrected chi connectivity index (χ3v) is 4.51. The van der Waals surface area contributed by atoms with Crippen molar-refractivity contribution in [1.29, 1.82) is 0 Å². The highest BCUT2D eigenvalue weighted by Crippen LogP contribution is 2.32. The van der Waals surface area contributed by atoms with E-state index in [0.717, 1.165) is 17.2 Å². The molecule has 1 amide bonds. The van der Waals surface area contributed by atoms with Crippen molar-refractivity contribution in [3.8, 4) is 0 Å². The standard InChI is InChI=1S/C19H18F2N2O2/c1-11-6-8-13(9-7-11)14-10-12(2)23(25)18(14)19(24)22-16-5-3-4-15(20)17(16)21/h3-9,14,18H,10H2,1-2H3,(H,22,24)/t14-,18+/m1/s1. The van der Waals surface area contributed by atoms with Crippen molar-refractivity contribution in [2.24, 2.45) is 0 Å². The first-order chi connectivity index (χ1) is 11.9. The van der Waals surface area contributed by atoms with Crippen molar-refractivity contribution in [2.45, 2.75) is 32.2 Å². The molecule has 0 aromatic heterocycles. The van der Waals surface area contributed by atoms with Crippen LogP contribution < -0.4 is 5.32 Å². The maximum atomic E-state index is 13.8. The SMILES string of the molecule is CC1=[N+]([O-])[C@H](C(=O)Nc2cccc(F)c2F)[C@@H](c2ccc(C)cc2)C1. The molecule has 0 fully saturated rings. The Kier molecular flexibility index (Phi) is 4.53. The van der Waals surface area contributed by atoms with Crippen molar-refractivity contribution < 1.29 is 18.3 Å². The van der Waals surface area contributed by atoms with Crippen molar-refractivity contribution in [3.05, 3.63) is 70.4 Å². The Morgan fingerprint density at radius 3 is 2.52 bits per heavy atom. The van der Waals surface area contributed by atoms with Gasteiger partial charge in [0.25, 0.3) is 5.91 Å². The van der Waals surface area contributed by atoms with Crippen molar-refractivity contribution in [2.75, 3.05) is 5.32 Å². The number of rotatable bonds is 3. The number of benzene rings is 2. The van der Waals surface area contributed by atoms with E-state index in [4.69, 9.17) is 0 Å². The van der Waals surface area contributed by atoms with Gasteiger partial charge < -0.3 is 10.5 Å². The molecule has 1 aliphatic rings. The van der Waals surface area contributed by atoms with E-state index in [-0.39, 0.29) is 11.6 Å². The second-order valence-corrected chi connectivity index (χ2v) is 6.32. The van der Waals surface area contributed by atoms with Crippen LogP contribution in [0.1, 0.15) is 30.4 Å². The van der Waals surface area contributed by atoms with Gasteiger partial charge in [-0.2, -0.15) is 0 Å². The third-order valence-electron chi connectivity index (χ3n) is 4.51. The molecule has 0 aliphatic carbocycles. The van der Waals surface area contributed by atoms with Crippen molar-refractivity contribution >= 4 is 17.3 Å². The number of nitrogens with one attached hydrogen (secondary N) is 1. The van der Waals surface area contributed by atoms with Gasteiger partial charge in [-0.25, -0.2) is 13.5 Å². The minimum atomic E-state index is -1.14. The lowest BCUT2D eigenvalue weighted by atomic mass is 9.89. The molecule has 0 saturated carbocycles. The summed E-state index contributed by atoms with van der Waals surface area (Å²) in [6.45, 7) is 3.62. The number of halogens is 2. The number of hydrogen-bond donors (Lipinski definition) is 1. The van der Waals surface area contributed by atoms with E-state index in [1.54, 1.807) is 6.92 Å². The maximum Gasteiger partial charge on any atom is 0.295 e. The van der Waals surface area contributed by atoms with Crippen molar-refractivity contribution in [1.82, 2.24) is 0 Å². The number of aryl methyl sites for hydroxylation is 1. The number of carbonyl (C=O) groups excluding carboxylic acids is 1. The molecule has 6 heteroatoms. The van der Waals surface area contributed by atoms with Gasteiger partial charge in [0.05, 0.1) is 11.6 Å². The Hall–Kier alpha value is -2.76. The summed E-state index contributed by atoms with van der Waals surface area (Å²) in [5, 5.41) is 14.7. The summed E-state index contributed by atoms with van der Waals surface area (Å²) >= 11 is 0. The minimum absolute atomic E-state index is 0.273. The first-order valence-electron chi connectivity index (χ1n) is 7.98. The Bertz CT molecular complexity index is 847. The molecule has 1 aliphatic heterocycles. The number of carbonyl (C=O) groups is 1. The highest BCUT2D eigenvalue weighted by atomic mass is 19.2. The zero-order valence-electron chi connectivity index (χ0n) is 13.9. The van der Waals surface area contributed by atoms with Crippen LogP contribution in [0.5, 0.6) is 0 Å². The summed E-state index contributed by atoms with van der Waals surface area (Å²) in [5.41, 5.74) is 2.20. The molecule has 0 unspecified atom stereocenters. The predicted octanol–water partition coefficient (Wildman–Crippen LogP) is 3.74. The molecule has 0 bridgehead atoms. The van der Waals surface area contributed by atoms with Gasteiger partial charge in [0.2, 0.25) is 6.04 Å². The lowest BCUT2D eigenvalue weighted by Gasteiger charge is -2.19. The van der Waals surface area contributed by atoms with Gasteiger partial charge in [0.15, 0.2) is 17.3 Å². The van der Waals surface area contributed by atoms with Gasteiger partial charge in [0.1, 0.15) is 0 Å². The van der Waals surface area contributed by atoms with E-state index in [2.05, 4.69) is 5.32 Å². The van der Waals surface area contributed by atoms with Gasteiger partial charge in [-0.1, -0.05) is 35.9 Å². The van der Waals surface area contributed by atoms with E-state index >= 15 is 0 Å². The predicted molar refractivity (Wildman–Crippen MR) is 91.6 cm³/mol. The fourth-order valence-electron chi connectivity index (χ4n) is 3.13. The molecule has 1 heterocycles. The fourth-order valence-corrected chi connectivity index (χ4v) is 3.13. The molecule has 2 atom stereocenters. The monoisotopic (exact) mass is 344 g/mol. The molecule has 2 aromatic rings. The van der Waals surface area contributed by atoms with Gasteiger partial charge in [-0.05, 0) is 24.6 Å². The summed E-state index contributed by atoms with van der Waals surface area (Å²) in [5.74, 6) is -3.18. The van der Waals surface area contributed by atoms with Crippen LogP contribution in [0.2, 0.25) is 0 Å². The van der Waals surface area contributed by atoms with Gasteiger partial charge in [0, 0.05) is 13.3 Å². The molecule has 0 radical (unpaired) electrons. The second-order valence-electron chi connectivity index (χ2n) is 6.32. The van der Waals surface area contributed by atoms with Crippen LogP contribution in [-0.4, -0.2) is 22.4 Å². The Balaban J connectivity index is 1.89. The third kappa shape index (κ3) is 3.24. The normalized spacial score (nSPS) is 20.0. The smallest absolute Gasteiger partial charge is 0.295 e. The summed E-state index contributed by atoms with van der Waals surface area (Å²) < 4.78 is 27.8. The summed E-state index contributed by atoms with van der Waals surface area (Å²) in [6, 6.07) is 10.1. The highest BCUT2D eigenvalue weighted by molar-refractivity contribution is 5.97. The van der Waals surface area contributed by atoms with Gasteiger partial charge >= 0.3 is 0 Å². The maximum absolute atomic E-state index is 13.8. The Morgan fingerprint density at radius 2 is 1.84 bits per heavy atom. The molecule has 2 aromatic carbocycles. The first kappa shape index (κ1) is 17.1. The molecule has 25 heavy (non-hydrogen) atoms. The van der Waals surface area contributed by atoms with E-state index in [1.165, 1.54) is 12.1 Å². The average molecular weight is 344 g/mol. The fraction of sp³-hybridized carbons (Fsp3) is 0.263. The number of hydroxylamine groups is 1. The molecule has 3 rings (SSSR count). The molecule has 0 saturated heterocycles. The van der Waals surface area contributed by atoms with Crippen LogP contribution in [0.3, 0.4) is 0 Å². The van der Waals surface area contributed by atoms with E-state index in [0.29, 0.717) is 16.9 Å². The van der Waals surface area contributed by atoms with Crippen LogP contribution in [0.15, 0.2) is 42.5 Å². The molecule has 130 valence electrons. The lowest BCUT2D eigenvalue weighted by Crippen LogP contribution is -2.37. The highest BCUT2D eigenvalue weighted by Gasteiger charge is 2.43. The molecule has 1 N–H and O–H groups in total. The second kappa shape index (κ2) is 6.63. The van der Waals surface area contributed by atoms with Crippen LogP contribution in [-0.2, 0) is 4.79 Å². The largest absolute Gasteiger partial charge is 0.623 e. The van der Waals surface area contributed by atoms with E-state index < -0.39 is 23.6 Å². The van der Waals surface area contributed by atoms with Gasteiger partial charge in [-0.3, -0.25) is 4.79 Å². The molecular weight excluding hydrogens is 326 g/mol. The Morgan fingerprint density at radius 1 is 1.16 bits per heavy atom. The topological polar surface area (TPSA) is 55.2 Å². The van der Waals surface area contributed by atoms with Crippen molar-refractivity contribution in [3.63, 3.8) is 0 Å². The number of hydrogen-bond acceptors (Lipinski definition) is 2. The van der Waals surface area contributed by atoms with Gasteiger partial charge in [-0.15, -0.1) is 0 Å². The Labute approximate surface area is 144 Å². The van der Waals surface area contributed by atoms with Crippen LogP contribution >= 0.6 is 0 Å². The summed E-state index contributed by atoms with van der Waals surface area (Å²) in [7, 11) is 0. The zero-order chi connectivity index (χ0) is 18.1. The number of anilines is 1. The quantitative estimate of drug-likeness (QED) is 0.681.